The summed E-state index contributed by atoms with van der Waals surface area (Å²) in [7, 11) is 0. The van der Waals surface area contributed by atoms with Gasteiger partial charge in [0.25, 0.3) is 5.91 Å². The summed E-state index contributed by atoms with van der Waals surface area (Å²) in [5, 5.41) is 3.14. The van der Waals surface area contributed by atoms with E-state index in [1.807, 2.05) is 36.4 Å². The van der Waals surface area contributed by atoms with Crippen molar-refractivity contribution < 1.29 is 14.3 Å². The van der Waals surface area contributed by atoms with Gasteiger partial charge in [0.1, 0.15) is 0 Å². The molecular formula is C25H33N5O3S2. The Labute approximate surface area is 215 Å². The van der Waals surface area contributed by atoms with Crippen molar-refractivity contribution in [3.05, 3.63) is 47.5 Å². The van der Waals surface area contributed by atoms with E-state index in [0.29, 0.717) is 24.5 Å². The summed E-state index contributed by atoms with van der Waals surface area (Å²) in [5.41, 5.74) is 10.1. The highest BCUT2D eigenvalue weighted by molar-refractivity contribution is 7.98. The van der Waals surface area contributed by atoms with E-state index in [1.54, 1.807) is 29.9 Å². The second kappa shape index (κ2) is 13.2. The Bertz CT molecular complexity index is 1020. The third-order valence-electron chi connectivity index (χ3n) is 5.76. The molecule has 4 rings (SSSR count). The molecule has 0 radical (unpaired) electrons. The van der Waals surface area contributed by atoms with Crippen molar-refractivity contribution in [2.45, 2.75) is 4.90 Å². The highest BCUT2D eigenvalue weighted by Gasteiger charge is 2.19. The average molecular weight is 516 g/mol. The first-order valence-corrected chi connectivity index (χ1v) is 14.0. The van der Waals surface area contributed by atoms with Crippen molar-refractivity contribution in [2.75, 3.05) is 87.1 Å². The highest BCUT2D eigenvalue weighted by atomic mass is 32.2. The van der Waals surface area contributed by atoms with Gasteiger partial charge < -0.3 is 25.4 Å². The minimum atomic E-state index is -0.154. The zero-order chi connectivity index (χ0) is 24.5. The van der Waals surface area contributed by atoms with Crippen LogP contribution in [-0.2, 0) is 9.47 Å². The molecule has 2 aromatic rings. The zero-order valence-electron chi connectivity index (χ0n) is 20.1. The Morgan fingerprint density at radius 3 is 2.60 bits per heavy atom. The SMILES string of the molecule is CSCCN=Cc1cc(NC(=O)c2cccc(SN3CCOCC3)c2)c(N2CCOCC2)cc1N. The third kappa shape index (κ3) is 7.37. The maximum absolute atomic E-state index is 13.3. The number of anilines is 3. The number of rotatable bonds is 9. The summed E-state index contributed by atoms with van der Waals surface area (Å²) in [6.45, 7) is 6.71. The second-order valence-electron chi connectivity index (χ2n) is 8.24. The Hall–Kier alpha value is -2.24. The van der Waals surface area contributed by atoms with E-state index >= 15 is 0 Å². The summed E-state index contributed by atoms with van der Waals surface area (Å²) >= 11 is 3.41. The first kappa shape index (κ1) is 25.8. The molecular weight excluding hydrogens is 482 g/mol. The number of carbonyl (C=O) groups is 1. The van der Waals surface area contributed by atoms with Gasteiger partial charge >= 0.3 is 0 Å². The van der Waals surface area contributed by atoms with Crippen LogP contribution >= 0.6 is 23.7 Å². The lowest BCUT2D eigenvalue weighted by atomic mass is 10.1. The number of hydrogen-bond acceptors (Lipinski definition) is 9. The van der Waals surface area contributed by atoms with E-state index in [9.17, 15) is 4.79 Å². The number of nitrogen functional groups attached to an aromatic ring is 1. The molecule has 2 fully saturated rings. The number of benzene rings is 2. The Balaban J connectivity index is 1.55. The van der Waals surface area contributed by atoms with Gasteiger partial charge in [0.05, 0.1) is 37.8 Å². The molecule has 2 heterocycles. The van der Waals surface area contributed by atoms with Gasteiger partial charge in [-0.15, -0.1) is 0 Å². The van der Waals surface area contributed by atoms with Crippen LogP contribution in [0.15, 0.2) is 46.3 Å². The third-order valence-corrected chi connectivity index (χ3v) is 7.44. The molecule has 0 atom stereocenters. The normalized spacial score (nSPS) is 17.1. The largest absolute Gasteiger partial charge is 0.398 e. The molecule has 0 spiro atoms. The van der Waals surface area contributed by atoms with Crippen molar-refractivity contribution >= 4 is 52.9 Å². The molecule has 0 aromatic heterocycles. The van der Waals surface area contributed by atoms with E-state index in [0.717, 1.165) is 73.5 Å². The van der Waals surface area contributed by atoms with E-state index in [4.69, 9.17) is 15.2 Å². The number of carbonyl (C=O) groups excluding carboxylic acids is 1. The molecule has 10 heteroatoms. The maximum atomic E-state index is 13.3. The Morgan fingerprint density at radius 2 is 1.86 bits per heavy atom. The van der Waals surface area contributed by atoms with Gasteiger partial charge in [-0.2, -0.15) is 11.8 Å². The van der Waals surface area contributed by atoms with Crippen molar-refractivity contribution in [3.63, 3.8) is 0 Å². The van der Waals surface area contributed by atoms with Gasteiger partial charge in [0.15, 0.2) is 0 Å². The smallest absolute Gasteiger partial charge is 0.255 e. The average Bonchev–Trinajstić information content (AvgIpc) is 2.89. The number of hydrogen-bond donors (Lipinski definition) is 2. The number of nitrogens with two attached hydrogens (primary N) is 1. The fourth-order valence-corrected chi connectivity index (χ4v) is 5.12. The molecule has 35 heavy (non-hydrogen) atoms. The summed E-state index contributed by atoms with van der Waals surface area (Å²) in [6, 6.07) is 11.6. The molecule has 2 saturated heterocycles. The van der Waals surface area contributed by atoms with Gasteiger partial charge in [-0.05, 0) is 48.5 Å². The highest BCUT2D eigenvalue weighted by Crippen LogP contribution is 2.32. The van der Waals surface area contributed by atoms with Gasteiger partial charge in [-0.3, -0.25) is 9.79 Å². The first-order chi connectivity index (χ1) is 17.1. The molecule has 2 aromatic carbocycles. The number of nitrogens with one attached hydrogen (secondary N) is 1. The fourth-order valence-electron chi connectivity index (χ4n) is 3.88. The predicted molar refractivity (Wildman–Crippen MR) is 147 cm³/mol. The standard InChI is InChI=1S/C25H33N5O3S2/c1-34-14-5-27-18-20-16-23(24(17-22(20)26)29-6-10-32-11-7-29)28-25(31)19-3-2-4-21(15-19)35-30-8-12-33-13-9-30/h2-4,15-18H,5-14,26H2,1H3,(H,28,31). The fraction of sp³-hybridized carbons (Fsp3) is 0.440. The Morgan fingerprint density at radius 1 is 1.11 bits per heavy atom. The van der Waals surface area contributed by atoms with Crippen LogP contribution in [0.2, 0.25) is 0 Å². The number of ether oxygens (including phenoxy) is 2. The first-order valence-electron chi connectivity index (χ1n) is 11.8. The van der Waals surface area contributed by atoms with Crippen LogP contribution in [-0.4, -0.2) is 87.6 Å². The molecule has 0 saturated carbocycles. The molecule has 3 N–H and O–H groups in total. The molecule has 188 valence electrons. The van der Waals surface area contributed by atoms with Gasteiger partial charge in [0.2, 0.25) is 0 Å². The lowest BCUT2D eigenvalue weighted by Crippen LogP contribution is -2.37. The van der Waals surface area contributed by atoms with Crippen LogP contribution in [0.3, 0.4) is 0 Å². The lowest BCUT2D eigenvalue weighted by molar-refractivity contribution is 0.0773. The van der Waals surface area contributed by atoms with Gasteiger partial charge in [-0.25, -0.2) is 4.31 Å². The number of morpholine rings is 2. The summed E-state index contributed by atoms with van der Waals surface area (Å²) in [4.78, 5) is 21.1. The lowest BCUT2D eigenvalue weighted by Gasteiger charge is -2.31. The van der Waals surface area contributed by atoms with Crippen LogP contribution in [0.4, 0.5) is 17.1 Å². The minimum absolute atomic E-state index is 0.154. The van der Waals surface area contributed by atoms with Crippen molar-refractivity contribution in [1.29, 1.82) is 0 Å². The quantitative estimate of drug-likeness (QED) is 0.227. The summed E-state index contributed by atoms with van der Waals surface area (Å²) < 4.78 is 13.2. The van der Waals surface area contributed by atoms with Crippen LogP contribution in [0.1, 0.15) is 15.9 Å². The predicted octanol–water partition coefficient (Wildman–Crippen LogP) is 3.48. The maximum Gasteiger partial charge on any atom is 0.255 e. The summed E-state index contributed by atoms with van der Waals surface area (Å²) in [6.07, 6.45) is 3.85. The van der Waals surface area contributed by atoms with E-state index in [2.05, 4.69) is 25.8 Å². The van der Waals surface area contributed by atoms with E-state index in [-0.39, 0.29) is 5.91 Å². The van der Waals surface area contributed by atoms with Gasteiger partial charge in [0, 0.05) is 66.4 Å². The molecule has 8 nitrogen and oxygen atoms in total. The minimum Gasteiger partial charge on any atom is -0.398 e. The molecule has 2 aliphatic rings. The molecule has 0 aliphatic carbocycles. The van der Waals surface area contributed by atoms with Crippen LogP contribution in [0.25, 0.3) is 0 Å². The van der Waals surface area contributed by atoms with Crippen LogP contribution in [0.5, 0.6) is 0 Å². The van der Waals surface area contributed by atoms with Crippen LogP contribution in [0, 0.1) is 0 Å². The van der Waals surface area contributed by atoms with Crippen LogP contribution < -0.4 is 16.0 Å². The molecule has 1 amide bonds. The molecule has 2 aliphatic heterocycles. The Kier molecular flexibility index (Phi) is 9.73. The van der Waals surface area contributed by atoms with E-state index in [1.165, 1.54) is 0 Å². The molecule has 0 unspecified atom stereocenters. The number of aliphatic imine (C=N–C) groups is 1. The second-order valence-corrected chi connectivity index (χ2v) is 10.4. The van der Waals surface area contributed by atoms with Crippen molar-refractivity contribution in [3.8, 4) is 0 Å². The van der Waals surface area contributed by atoms with Crippen molar-refractivity contribution in [1.82, 2.24) is 4.31 Å². The van der Waals surface area contributed by atoms with Gasteiger partial charge in [-0.1, -0.05) is 6.07 Å². The number of amides is 1. The number of thioether (sulfide) groups is 1. The summed E-state index contributed by atoms with van der Waals surface area (Å²) in [5.74, 6) is 0.795. The number of nitrogens with zero attached hydrogens (tertiary/aromatic N) is 3. The monoisotopic (exact) mass is 515 g/mol. The zero-order valence-corrected chi connectivity index (χ0v) is 21.7. The molecule has 0 bridgehead atoms. The van der Waals surface area contributed by atoms with Crippen molar-refractivity contribution in [2.24, 2.45) is 4.99 Å². The topological polar surface area (TPSA) is 92.4 Å². The van der Waals surface area contributed by atoms with E-state index < -0.39 is 0 Å².